The van der Waals surface area contributed by atoms with E-state index in [0.717, 1.165) is 10.4 Å². The van der Waals surface area contributed by atoms with Gasteiger partial charge in [-0.2, -0.15) is 0 Å². The lowest BCUT2D eigenvalue weighted by Gasteiger charge is -2.29. The predicted molar refractivity (Wildman–Crippen MR) is 129 cm³/mol. The first-order valence-corrected chi connectivity index (χ1v) is 11.5. The number of esters is 1. The predicted octanol–water partition coefficient (Wildman–Crippen LogP) is 4.79. The molecule has 0 aliphatic heterocycles. The fourth-order valence-corrected chi connectivity index (χ4v) is 4.43. The number of nitrogens with zero attached hydrogens (tertiary/aromatic N) is 2. The fraction of sp³-hybridized carbons (Fsp3) is 0.280. The average Bonchev–Trinajstić information content (AvgIpc) is 3.33. The van der Waals surface area contributed by atoms with E-state index in [0.29, 0.717) is 24.3 Å². The highest BCUT2D eigenvalue weighted by atomic mass is 32.1. The van der Waals surface area contributed by atoms with Gasteiger partial charge in [0.05, 0.1) is 12.0 Å². The molecular formula is C25H26N2O6S. The van der Waals surface area contributed by atoms with Crippen molar-refractivity contribution in [2.75, 3.05) is 13.7 Å². The van der Waals surface area contributed by atoms with E-state index >= 15 is 0 Å². The van der Waals surface area contributed by atoms with Gasteiger partial charge in [-0.05, 0) is 49.1 Å². The molecule has 0 spiro atoms. The molecule has 2 aromatic carbocycles. The van der Waals surface area contributed by atoms with Crippen molar-refractivity contribution >= 4 is 28.9 Å². The van der Waals surface area contributed by atoms with Crippen molar-refractivity contribution in [3.8, 4) is 5.75 Å². The molecule has 3 rings (SSSR count). The minimum Gasteiger partial charge on any atom is -0.497 e. The Hall–Kier alpha value is -3.72. The van der Waals surface area contributed by atoms with Gasteiger partial charge < -0.3 is 14.4 Å². The third-order valence-electron chi connectivity index (χ3n) is 5.41. The van der Waals surface area contributed by atoms with E-state index in [9.17, 15) is 19.7 Å². The van der Waals surface area contributed by atoms with Crippen LogP contribution in [0, 0.1) is 17.0 Å². The molecular weight excluding hydrogens is 456 g/mol. The lowest BCUT2D eigenvalue weighted by atomic mass is 10.1. The van der Waals surface area contributed by atoms with Gasteiger partial charge in [0, 0.05) is 29.4 Å². The number of carbonyl (C=O) groups excluding carboxylic acids is 2. The monoisotopic (exact) mass is 482 g/mol. The van der Waals surface area contributed by atoms with Gasteiger partial charge in [0.2, 0.25) is 0 Å². The molecule has 0 saturated heterocycles. The number of aryl methyl sites for hydroxylation is 1. The van der Waals surface area contributed by atoms with E-state index in [-0.39, 0.29) is 23.2 Å². The second-order valence-corrected chi connectivity index (χ2v) is 8.84. The quantitative estimate of drug-likeness (QED) is 0.234. The molecule has 34 heavy (non-hydrogen) atoms. The molecule has 0 unspecified atom stereocenters. The number of ether oxygens (including phenoxy) is 2. The maximum Gasteiger partial charge on any atom is 0.345 e. The van der Waals surface area contributed by atoms with Crippen LogP contribution in [0.4, 0.5) is 5.69 Å². The van der Waals surface area contributed by atoms with Crippen molar-refractivity contribution in [2.24, 2.45) is 0 Å². The summed E-state index contributed by atoms with van der Waals surface area (Å²) in [4.78, 5) is 39.3. The van der Waals surface area contributed by atoms with E-state index in [1.807, 2.05) is 48.7 Å². The van der Waals surface area contributed by atoms with Gasteiger partial charge in [0.25, 0.3) is 11.6 Å². The molecule has 0 aliphatic carbocycles. The van der Waals surface area contributed by atoms with Crippen molar-refractivity contribution in [1.29, 1.82) is 0 Å². The Morgan fingerprint density at radius 3 is 2.47 bits per heavy atom. The number of para-hydroxylation sites is 1. The number of amides is 1. The van der Waals surface area contributed by atoms with Crippen LogP contribution in [-0.2, 0) is 22.5 Å². The number of carbonyl (C=O) groups is 2. The lowest BCUT2D eigenvalue weighted by Crippen LogP contribution is -2.41. The van der Waals surface area contributed by atoms with E-state index in [1.165, 1.54) is 6.07 Å². The maximum absolute atomic E-state index is 13.2. The first-order chi connectivity index (χ1) is 16.3. The summed E-state index contributed by atoms with van der Waals surface area (Å²) >= 11 is 1.61. The summed E-state index contributed by atoms with van der Waals surface area (Å²) in [6.07, 6.45) is 0.650. The Bertz CT molecular complexity index is 1140. The van der Waals surface area contributed by atoms with Crippen molar-refractivity contribution in [3.63, 3.8) is 0 Å². The Balaban J connectivity index is 1.75. The van der Waals surface area contributed by atoms with Crippen molar-refractivity contribution in [1.82, 2.24) is 4.90 Å². The molecule has 0 aliphatic rings. The minimum atomic E-state index is -0.904. The minimum absolute atomic E-state index is 0.166. The molecule has 0 N–H and O–H groups in total. The third kappa shape index (κ3) is 6.20. The second kappa shape index (κ2) is 11.4. The zero-order chi connectivity index (χ0) is 24.7. The SMILES string of the molecule is COc1ccc(CN(C(=O)COC(=O)c2cccc(C)c2[N+](=O)[O-])[C@H](C)Cc2cccs2)cc1. The molecule has 178 valence electrons. The standard InChI is InChI=1S/C25H26N2O6S/c1-17-6-4-8-22(24(17)27(30)31)25(29)33-16-23(28)26(18(2)14-21-7-5-13-34-21)15-19-9-11-20(32-3)12-10-19/h4-13,18H,14-16H2,1-3H3/t18-/m1/s1. The van der Waals surface area contributed by atoms with Gasteiger partial charge >= 0.3 is 5.97 Å². The van der Waals surface area contributed by atoms with Crippen LogP contribution in [0.1, 0.15) is 33.3 Å². The van der Waals surface area contributed by atoms with Crippen molar-refractivity contribution < 1.29 is 24.0 Å². The second-order valence-electron chi connectivity index (χ2n) is 7.81. The van der Waals surface area contributed by atoms with Crippen LogP contribution in [0.5, 0.6) is 5.75 Å². The summed E-state index contributed by atoms with van der Waals surface area (Å²) in [7, 11) is 1.58. The van der Waals surface area contributed by atoms with Crippen LogP contribution in [0.25, 0.3) is 0 Å². The number of methoxy groups -OCH3 is 1. The normalized spacial score (nSPS) is 11.5. The van der Waals surface area contributed by atoms with Crippen molar-refractivity contribution in [3.05, 3.63) is 91.7 Å². The molecule has 1 aromatic heterocycles. The van der Waals surface area contributed by atoms with Gasteiger partial charge in [-0.3, -0.25) is 14.9 Å². The highest BCUT2D eigenvalue weighted by molar-refractivity contribution is 7.09. The summed E-state index contributed by atoms with van der Waals surface area (Å²) in [5.74, 6) is -0.579. The first kappa shape index (κ1) is 24.9. The summed E-state index contributed by atoms with van der Waals surface area (Å²) in [6, 6.07) is 15.6. The number of nitro groups is 1. The zero-order valence-corrected chi connectivity index (χ0v) is 20.0. The Morgan fingerprint density at radius 2 is 1.85 bits per heavy atom. The van der Waals surface area contributed by atoms with Crippen LogP contribution in [0.3, 0.4) is 0 Å². The summed E-state index contributed by atoms with van der Waals surface area (Å²) in [6.45, 7) is 3.28. The number of rotatable bonds is 10. The number of hydrogen-bond acceptors (Lipinski definition) is 7. The third-order valence-corrected chi connectivity index (χ3v) is 6.31. The average molecular weight is 483 g/mol. The smallest absolute Gasteiger partial charge is 0.345 e. The molecule has 8 nitrogen and oxygen atoms in total. The van der Waals surface area contributed by atoms with Crippen LogP contribution >= 0.6 is 11.3 Å². The molecule has 0 radical (unpaired) electrons. The number of thiophene rings is 1. The van der Waals surface area contributed by atoms with E-state index < -0.39 is 17.5 Å². The molecule has 9 heteroatoms. The van der Waals surface area contributed by atoms with Crippen LogP contribution in [0.2, 0.25) is 0 Å². The molecule has 1 amide bonds. The van der Waals surface area contributed by atoms with Crippen LogP contribution < -0.4 is 4.74 Å². The Morgan fingerprint density at radius 1 is 1.12 bits per heavy atom. The van der Waals surface area contributed by atoms with Gasteiger partial charge in [-0.1, -0.05) is 30.3 Å². The Kier molecular flexibility index (Phi) is 8.37. The number of nitro benzene ring substituents is 1. The van der Waals surface area contributed by atoms with Crippen LogP contribution in [-0.4, -0.2) is 41.5 Å². The molecule has 1 atom stereocenters. The van der Waals surface area contributed by atoms with Gasteiger partial charge in [-0.15, -0.1) is 11.3 Å². The molecule has 0 fully saturated rings. The Labute approximate surface area is 201 Å². The molecule has 0 saturated carbocycles. The molecule has 3 aromatic rings. The number of hydrogen-bond donors (Lipinski definition) is 0. The van der Waals surface area contributed by atoms with Gasteiger partial charge in [0.1, 0.15) is 11.3 Å². The van der Waals surface area contributed by atoms with E-state index in [1.54, 1.807) is 42.4 Å². The van der Waals surface area contributed by atoms with Gasteiger partial charge in [0.15, 0.2) is 6.61 Å². The maximum atomic E-state index is 13.2. The summed E-state index contributed by atoms with van der Waals surface area (Å²) in [5, 5.41) is 13.4. The highest BCUT2D eigenvalue weighted by Crippen LogP contribution is 2.24. The topological polar surface area (TPSA) is 99.0 Å². The molecule has 0 bridgehead atoms. The highest BCUT2D eigenvalue weighted by Gasteiger charge is 2.26. The largest absolute Gasteiger partial charge is 0.497 e. The number of benzene rings is 2. The van der Waals surface area contributed by atoms with E-state index in [2.05, 4.69) is 0 Å². The van der Waals surface area contributed by atoms with Gasteiger partial charge in [-0.25, -0.2) is 4.79 Å². The zero-order valence-electron chi connectivity index (χ0n) is 19.2. The van der Waals surface area contributed by atoms with E-state index in [4.69, 9.17) is 9.47 Å². The van der Waals surface area contributed by atoms with Crippen molar-refractivity contribution in [2.45, 2.75) is 32.9 Å². The summed E-state index contributed by atoms with van der Waals surface area (Å²) < 4.78 is 10.4. The lowest BCUT2D eigenvalue weighted by molar-refractivity contribution is -0.385. The molecule has 1 heterocycles. The summed E-state index contributed by atoms with van der Waals surface area (Å²) in [5.41, 5.74) is 0.747. The van der Waals surface area contributed by atoms with Crippen LogP contribution in [0.15, 0.2) is 60.0 Å². The fourth-order valence-electron chi connectivity index (χ4n) is 3.60. The first-order valence-electron chi connectivity index (χ1n) is 10.7.